The van der Waals surface area contributed by atoms with E-state index in [0.717, 1.165) is 32.4 Å². The topological polar surface area (TPSA) is 57.7 Å². The molecule has 0 saturated carbocycles. The van der Waals surface area contributed by atoms with Crippen LogP contribution >= 0.6 is 0 Å². The van der Waals surface area contributed by atoms with Crippen LogP contribution in [0.3, 0.4) is 0 Å². The van der Waals surface area contributed by atoms with E-state index in [1.807, 2.05) is 19.1 Å². The van der Waals surface area contributed by atoms with Crippen molar-refractivity contribution in [3.05, 3.63) is 42.0 Å². The van der Waals surface area contributed by atoms with Crippen LogP contribution in [0.25, 0.3) is 0 Å². The SMILES string of the molecule is CC[C@H]1C=CCN1S(=O)(=O)c1cccc(C(=O)N2CCCC2)c1. The summed E-state index contributed by atoms with van der Waals surface area (Å²) in [7, 11) is -3.58. The smallest absolute Gasteiger partial charge is 0.253 e. The third-order valence-corrected chi connectivity index (χ3v) is 6.40. The van der Waals surface area contributed by atoms with Crippen LogP contribution in [0.5, 0.6) is 0 Å². The van der Waals surface area contributed by atoms with E-state index in [1.54, 1.807) is 23.1 Å². The third kappa shape index (κ3) is 3.05. The van der Waals surface area contributed by atoms with Gasteiger partial charge in [0.25, 0.3) is 5.91 Å². The molecule has 0 aromatic heterocycles. The van der Waals surface area contributed by atoms with Crippen LogP contribution in [0.1, 0.15) is 36.5 Å². The van der Waals surface area contributed by atoms with Crippen molar-refractivity contribution in [1.82, 2.24) is 9.21 Å². The second-order valence-corrected chi connectivity index (χ2v) is 7.90. The summed E-state index contributed by atoms with van der Waals surface area (Å²) in [5.41, 5.74) is 0.452. The van der Waals surface area contributed by atoms with Crippen molar-refractivity contribution < 1.29 is 13.2 Å². The average Bonchev–Trinajstić information content (AvgIpc) is 3.25. The fourth-order valence-corrected chi connectivity index (χ4v) is 4.85. The minimum absolute atomic E-state index is 0.0776. The van der Waals surface area contributed by atoms with Crippen LogP contribution in [0.2, 0.25) is 0 Å². The lowest BCUT2D eigenvalue weighted by molar-refractivity contribution is 0.0792. The van der Waals surface area contributed by atoms with Crippen molar-refractivity contribution >= 4 is 15.9 Å². The highest BCUT2D eigenvalue weighted by Crippen LogP contribution is 2.25. The van der Waals surface area contributed by atoms with Crippen molar-refractivity contribution in [1.29, 1.82) is 0 Å². The van der Waals surface area contributed by atoms with Crippen molar-refractivity contribution in [3.63, 3.8) is 0 Å². The maximum absolute atomic E-state index is 12.9. The van der Waals surface area contributed by atoms with E-state index in [0.29, 0.717) is 12.1 Å². The molecule has 2 aliphatic rings. The van der Waals surface area contributed by atoms with Crippen molar-refractivity contribution in [3.8, 4) is 0 Å². The van der Waals surface area contributed by atoms with Crippen LogP contribution in [-0.4, -0.2) is 49.2 Å². The maximum Gasteiger partial charge on any atom is 0.253 e. The van der Waals surface area contributed by atoms with Gasteiger partial charge in [-0.3, -0.25) is 4.79 Å². The predicted octanol–water partition coefficient (Wildman–Crippen LogP) is 2.26. The fraction of sp³-hybridized carbons (Fsp3) is 0.471. The van der Waals surface area contributed by atoms with Gasteiger partial charge < -0.3 is 4.90 Å². The molecule has 1 aromatic carbocycles. The van der Waals surface area contributed by atoms with Crippen LogP contribution < -0.4 is 0 Å². The van der Waals surface area contributed by atoms with Gasteiger partial charge in [-0.1, -0.05) is 25.1 Å². The molecule has 2 heterocycles. The summed E-state index contributed by atoms with van der Waals surface area (Å²) in [6, 6.07) is 6.33. The Morgan fingerprint density at radius 1 is 1.26 bits per heavy atom. The normalized spacial score (nSPS) is 22.0. The quantitative estimate of drug-likeness (QED) is 0.794. The van der Waals surface area contributed by atoms with Gasteiger partial charge in [-0.25, -0.2) is 8.42 Å². The molecule has 6 heteroatoms. The zero-order valence-electron chi connectivity index (χ0n) is 13.3. The third-order valence-electron chi connectivity index (χ3n) is 4.51. The van der Waals surface area contributed by atoms with E-state index >= 15 is 0 Å². The molecule has 23 heavy (non-hydrogen) atoms. The minimum Gasteiger partial charge on any atom is -0.339 e. The van der Waals surface area contributed by atoms with Gasteiger partial charge in [-0.2, -0.15) is 4.31 Å². The monoisotopic (exact) mass is 334 g/mol. The highest BCUT2D eigenvalue weighted by molar-refractivity contribution is 7.89. The molecule has 2 aliphatic heterocycles. The van der Waals surface area contributed by atoms with Gasteiger partial charge in [0.05, 0.1) is 4.90 Å². The summed E-state index contributed by atoms with van der Waals surface area (Å²) < 4.78 is 27.2. The lowest BCUT2D eigenvalue weighted by Crippen LogP contribution is -2.36. The van der Waals surface area contributed by atoms with Crippen molar-refractivity contribution in [2.45, 2.75) is 37.1 Å². The molecule has 0 radical (unpaired) electrons. The van der Waals surface area contributed by atoms with E-state index in [2.05, 4.69) is 0 Å². The molecule has 3 rings (SSSR count). The Bertz CT molecular complexity index is 721. The van der Waals surface area contributed by atoms with E-state index in [4.69, 9.17) is 0 Å². The molecule has 1 amide bonds. The summed E-state index contributed by atoms with van der Waals surface area (Å²) in [5.74, 6) is -0.0776. The van der Waals surface area contributed by atoms with Gasteiger partial charge in [-0.15, -0.1) is 0 Å². The van der Waals surface area contributed by atoms with Gasteiger partial charge in [0, 0.05) is 31.2 Å². The maximum atomic E-state index is 12.9. The molecule has 0 aliphatic carbocycles. The average molecular weight is 334 g/mol. The van der Waals surface area contributed by atoms with E-state index in [1.165, 1.54) is 10.4 Å². The molecule has 0 bridgehead atoms. The van der Waals surface area contributed by atoms with Gasteiger partial charge in [0.1, 0.15) is 0 Å². The molecule has 5 nitrogen and oxygen atoms in total. The van der Waals surface area contributed by atoms with Crippen molar-refractivity contribution in [2.75, 3.05) is 19.6 Å². The number of sulfonamides is 1. The molecular formula is C17H22N2O3S. The number of nitrogens with zero attached hydrogens (tertiary/aromatic N) is 2. The van der Waals surface area contributed by atoms with E-state index < -0.39 is 10.0 Å². The first-order valence-corrected chi connectivity index (χ1v) is 9.56. The Kier molecular flexibility index (Phi) is 4.55. The van der Waals surface area contributed by atoms with Gasteiger partial charge in [0.15, 0.2) is 0 Å². The minimum atomic E-state index is -3.58. The zero-order valence-corrected chi connectivity index (χ0v) is 14.1. The summed E-state index contributed by atoms with van der Waals surface area (Å²) >= 11 is 0. The zero-order chi connectivity index (χ0) is 16.4. The molecule has 1 aromatic rings. The summed E-state index contributed by atoms with van der Waals surface area (Å²) in [4.78, 5) is 14.5. The molecule has 0 unspecified atom stereocenters. The molecule has 124 valence electrons. The number of hydrogen-bond donors (Lipinski definition) is 0. The van der Waals surface area contributed by atoms with Crippen LogP contribution in [0.4, 0.5) is 0 Å². The number of carbonyl (C=O) groups excluding carboxylic acids is 1. The molecule has 0 spiro atoms. The molecular weight excluding hydrogens is 312 g/mol. The van der Waals surface area contributed by atoms with Crippen LogP contribution in [0, 0.1) is 0 Å². The number of amides is 1. The fourth-order valence-electron chi connectivity index (χ4n) is 3.20. The van der Waals surface area contributed by atoms with Crippen LogP contribution in [0.15, 0.2) is 41.3 Å². The first kappa shape index (κ1) is 16.2. The van der Waals surface area contributed by atoms with Gasteiger partial charge in [0.2, 0.25) is 10.0 Å². The Morgan fingerprint density at radius 3 is 2.70 bits per heavy atom. The van der Waals surface area contributed by atoms with Crippen molar-refractivity contribution in [2.24, 2.45) is 0 Å². The highest BCUT2D eigenvalue weighted by atomic mass is 32.2. The molecule has 1 saturated heterocycles. The molecule has 0 N–H and O–H groups in total. The number of hydrogen-bond acceptors (Lipinski definition) is 3. The Morgan fingerprint density at radius 2 is 2.00 bits per heavy atom. The predicted molar refractivity (Wildman–Crippen MR) is 88.7 cm³/mol. The Labute approximate surface area is 137 Å². The first-order chi connectivity index (χ1) is 11.0. The highest BCUT2D eigenvalue weighted by Gasteiger charge is 2.32. The summed E-state index contributed by atoms with van der Waals surface area (Å²) in [5, 5.41) is 0. The van der Waals surface area contributed by atoms with E-state index in [-0.39, 0.29) is 16.8 Å². The number of benzene rings is 1. The second-order valence-electron chi connectivity index (χ2n) is 6.01. The summed E-state index contributed by atoms with van der Waals surface area (Å²) in [6.45, 7) is 3.87. The number of likely N-dealkylation sites (tertiary alicyclic amines) is 1. The van der Waals surface area contributed by atoms with Crippen LogP contribution in [-0.2, 0) is 10.0 Å². The molecule has 1 fully saturated rings. The Hall–Kier alpha value is -1.66. The standard InChI is InChI=1S/C17H22N2O3S/c1-2-15-8-6-12-19(15)23(21,22)16-9-5-7-14(13-16)17(20)18-10-3-4-11-18/h5-9,13,15H,2-4,10-12H2,1H3/t15-/m0/s1. The largest absolute Gasteiger partial charge is 0.339 e. The van der Waals surface area contributed by atoms with Gasteiger partial charge in [-0.05, 0) is 37.5 Å². The first-order valence-electron chi connectivity index (χ1n) is 8.12. The second kappa shape index (κ2) is 6.45. The number of carbonyl (C=O) groups is 1. The Balaban J connectivity index is 1.88. The lowest BCUT2D eigenvalue weighted by atomic mass is 10.2. The van der Waals surface area contributed by atoms with E-state index in [9.17, 15) is 13.2 Å². The summed E-state index contributed by atoms with van der Waals surface area (Å²) in [6.07, 6.45) is 6.58. The number of rotatable bonds is 4. The molecule has 1 atom stereocenters. The lowest BCUT2D eigenvalue weighted by Gasteiger charge is -2.23. The van der Waals surface area contributed by atoms with Gasteiger partial charge >= 0.3 is 0 Å².